The van der Waals surface area contributed by atoms with Crippen molar-refractivity contribution >= 4 is 23.3 Å². The molecule has 0 saturated carbocycles. The number of amides is 2. The van der Waals surface area contributed by atoms with E-state index in [2.05, 4.69) is 4.90 Å². The maximum Gasteiger partial charge on any atom is 0.325 e. The number of urea groups is 1. The lowest BCUT2D eigenvalue weighted by molar-refractivity contribution is 0.0300. The largest absolute Gasteiger partial charge is 0.506 e. The molecule has 0 spiro atoms. The molecule has 1 aromatic rings. The van der Waals surface area contributed by atoms with E-state index in [0.717, 1.165) is 13.1 Å². The maximum absolute atomic E-state index is 12.8. The van der Waals surface area contributed by atoms with Crippen LogP contribution in [-0.4, -0.2) is 59.7 Å². The van der Waals surface area contributed by atoms with Crippen LogP contribution in [0.25, 0.3) is 0 Å². The highest BCUT2D eigenvalue weighted by molar-refractivity contribution is 6.31. The average molecular weight is 322 g/mol. The van der Waals surface area contributed by atoms with Crippen molar-refractivity contribution in [1.29, 1.82) is 0 Å². The van der Waals surface area contributed by atoms with Crippen molar-refractivity contribution in [3.63, 3.8) is 0 Å². The molecule has 1 unspecified atom stereocenters. The summed E-state index contributed by atoms with van der Waals surface area (Å²) in [5, 5.41) is 10.6. The van der Waals surface area contributed by atoms with E-state index in [-0.39, 0.29) is 11.8 Å². The summed E-state index contributed by atoms with van der Waals surface area (Å²) in [6.45, 7) is 4.66. The maximum atomic E-state index is 12.8. The first-order valence-electron chi connectivity index (χ1n) is 7.92. The Balaban J connectivity index is 1.56. The molecule has 0 aliphatic carbocycles. The minimum absolute atomic E-state index is 0.00341. The quantitative estimate of drug-likeness (QED) is 0.909. The van der Waals surface area contributed by atoms with Gasteiger partial charge in [0, 0.05) is 30.7 Å². The van der Waals surface area contributed by atoms with E-state index in [1.807, 2.05) is 4.90 Å². The van der Waals surface area contributed by atoms with Gasteiger partial charge in [0.05, 0.1) is 5.69 Å². The minimum atomic E-state index is -0.00341. The number of piperidine rings is 3. The number of carbonyl (C=O) groups is 1. The van der Waals surface area contributed by atoms with Gasteiger partial charge in [-0.2, -0.15) is 0 Å². The number of halogens is 1. The van der Waals surface area contributed by atoms with E-state index in [1.54, 1.807) is 23.1 Å². The van der Waals surface area contributed by atoms with Crippen molar-refractivity contribution in [2.75, 3.05) is 37.6 Å². The summed E-state index contributed by atoms with van der Waals surface area (Å²) in [5.41, 5.74) is 0.515. The van der Waals surface area contributed by atoms with Crippen LogP contribution in [0.2, 0.25) is 5.02 Å². The molecule has 4 aliphatic rings. The van der Waals surface area contributed by atoms with Gasteiger partial charge in [-0.05, 0) is 50.0 Å². The lowest BCUT2D eigenvalue weighted by Crippen LogP contribution is -2.58. The van der Waals surface area contributed by atoms with Crippen LogP contribution < -0.4 is 4.90 Å². The Kier molecular flexibility index (Phi) is 3.42. The lowest BCUT2D eigenvalue weighted by atomic mass is 9.83. The summed E-state index contributed by atoms with van der Waals surface area (Å²) in [5.74, 6) is 0.732. The van der Waals surface area contributed by atoms with Gasteiger partial charge in [0.15, 0.2) is 0 Å². The number of hydrogen-bond acceptors (Lipinski definition) is 3. The van der Waals surface area contributed by atoms with E-state index in [9.17, 15) is 9.90 Å². The number of benzene rings is 1. The third kappa shape index (κ3) is 2.23. The fourth-order valence-electron chi connectivity index (χ4n) is 4.08. The molecule has 6 heteroatoms. The van der Waals surface area contributed by atoms with Gasteiger partial charge in [-0.1, -0.05) is 11.6 Å². The first kappa shape index (κ1) is 14.2. The number of anilines is 1. The first-order valence-corrected chi connectivity index (χ1v) is 8.30. The summed E-state index contributed by atoms with van der Waals surface area (Å²) >= 11 is 6.01. The molecule has 4 saturated heterocycles. The Labute approximate surface area is 135 Å². The lowest BCUT2D eigenvalue weighted by Gasteiger charge is -2.47. The van der Waals surface area contributed by atoms with Crippen molar-refractivity contribution < 1.29 is 9.90 Å². The molecule has 2 amide bonds. The van der Waals surface area contributed by atoms with Crippen molar-refractivity contribution in [3.05, 3.63) is 23.2 Å². The molecule has 1 N–H and O–H groups in total. The van der Waals surface area contributed by atoms with Crippen molar-refractivity contribution in [3.8, 4) is 5.75 Å². The van der Waals surface area contributed by atoms with Gasteiger partial charge in [-0.3, -0.25) is 4.90 Å². The standard InChI is InChI=1S/C16H20ClN3O2/c17-12-1-2-15(21)13(9-12)19-7-8-20(16(19)22)14-10-18-5-3-11(14)4-6-18/h1-2,9,11,14,21H,3-8,10H2. The third-order valence-corrected chi connectivity index (χ3v) is 5.53. The first-order chi connectivity index (χ1) is 10.6. The van der Waals surface area contributed by atoms with Crippen molar-refractivity contribution in [2.24, 2.45) is 5.92 Å². The third-order valence-electron chi connectivity index (χ3n) is 5.29. The number of fused-ring (bicyclic) bond motifs is 3. The fourth-order valence-corrected chi connectivity index (χ4v) is 4.25. The monoisotopic (exact) mass is 321 g/mol. The highest BCUT2D eigenvalue weighted by atomic mass is 35.5. The smallest absolute Gasteiger partial charge is 0.325 e. The number of nitrogens with zero attached hydrogens (tertiary/aromatic N) is 3. The van der Waals surface area contributed by atoms with E-state index in [4.69, 9.17) is 11.6 Å². The molecule has 1 atom stereocenters. The molecule has 5 nitrogen and oxygen atoms in total. The Morgan fingerprint density at radius 2 is 1.91 bits per heavy atom. The zero-order valence-electron chi connectivity index (χ0n) is 12.4. The molecule has 1 aromatic carbocycles. The Bertz CT molecular complexity index is 601. The van der Waals surface area contributed by atoms with Crippen LogP contribution in [0.1, 0.15) is 12.8 Å². The zero-order valence-corrected chi connectivity index (χ0v) is 13.2. The molecule has 22 heavy (non-hydrogen) atoms. The Morgan fingerprint density at radius 1 is 1.14 bits per heavy atom. The van der Waals surface area contributed by atoms with Crippen LogP contribution in [0.5, 0.6) is 5.75 Å². The van der Waals surface area contributed by atoms with Crippen LogP contribution in [0.4, 0.5) is 10.5 Å². The second-order valence-electron chi connectivity index (χ2n) is 6.47. The van der Waals surface area contributed by atoms with Gasteiger partial charge in [-0.15, -0.1) is 0 Å². The van der Waals surface area contributed by atoms with Crippen molar-refractivity contribution in [2.45, 2.75) is 18.9 Å². The number of hydrogen-bond donors (Lipinski definition) is 1. The van der Waals surface area contributed by atoms with Crippen LogP contribution in [0.15, 0.2) is 18.2 Å². The van der Waals surface area contributed by atoms with E-state index in [1.165, 1.54) is 25.9 Å². The molecular weight excluding hydrogens is 302 g/mol. The van der Waals surface area contributed by atoms with Gasteiger partial charge in [0.2, 0.25) is 0 Å². The number of phenols is 1. The van der Waals surface area contributed by atoms with Crippen molar-refractivity contribution in [1.82, 2.24) is 9.80 Å². The van der Waals surface area contributed by atoms with E-state index in [0.29, 0.717) is 29.2 Å². The second-order valence-corrected chi connectivity index (χ2v) is 6.90. The van der Waals surface area contributed by atoms with Gasteiger partial charge < -0.3 is 14.9 Å². The van der Waals surface area contributed by atoms with Gasteiger partial charge in [0.1, 0.15) is 5.75 Å². The Hall–Kier alpha value is -1.46. The predicted molar refractivity (Wildman–Crippen MR) is 85.5 cm³/mol. The van der Waals surface area contributed by atoms with E-state index >= 15 is 0 Å². The van der Waals surface area contributed by atoms with Crippen LogP contribution >= 0.6 is 11.6 Å². The molecular formula is C16H20ClN3O2. The van der Waals surface area contributed by atoms with E-state index < -0.39 is 0 Å². The van der Waals surface area contributed by atoms with Crippen LogP contribution in [-0.2, 0) is 0 Å². The highest BCUT2D eigenvalue weighted by Crippen LogP contribution is 2.36. The number of rotatable bonds is 2. The predicted octanol–water partition coefficient (Wildman–Crippen LogP) is 2.38. The molecule has 0 aromatic heterocycles. The van der Waals surface area contributed by atoms with Gasteiger partial charge in [0.25, 0.3) is 0 Å². The molecule has 2 bridgehead atoms. The summed E-state index contributed by atoms with van der Waals surface area (Å²) in [6, 6.07) is 5.15. The molecule has 4 fully saturated rings. The van der Waals surface area contributed by atoms with Gasteiger partial charge in [-0.25, -0.2) is 4.79 Å². The van der Waals surface area contributed by atoms with Crippen LogP contribution in [0, 0.1) is 5.92 Å². The number of phenolic OH excluding ortho intramolecular Hbond substituents is 1. The summed E-state index contributed by atoms with van der Waals surface area (Å²) in [6.07, 6.45) is 2.38. The number of carbonyl (C=O) groups excluding carboxylic acids is 1. The van der Waals surface area contributed by atoms with Gasteiger partial charge >= 0.3 is 6.03 Å². The Morgan fingerprint density at radius 3 is 2.59 bits per heavy atom. The molecule has 4 heterocycles. The SMILES string of the molecule is O=C1N(c2cc(Cl)ccc2O)CCN1C1CN2CCC1CC2. The summed E-state index contributed by atoms with van der Waals surface area (Å²) in [7, 11) is 0. The second kappa shape index (κ2) is 5.32. The highest BCUT2D eigenvalue weighted by Gasteiger charge is 2.43. The zero-order chi connectivity index (χ0) is 15.3. The molecule has 118 valence electrons. The number of aromatic hydroxyl groups is 1. The molecule has 5 rings (SSSR count). The van der Waals surface area contributed by atoms with Crippen LogP contribution in [0.3, 0.4) is 0 Å². The minimum Gasteiger partial charge on any atom is -0.506 e. The topological polar surface area (TPSA) is 47.0 Å². The fraction of sp³-hybridized carbons (Fsp3) is 0.562. The average Bonchev–Trinajstić information content (AvgIpc) is 2.92. The normalized spacial score (nSPS) is 31.1. The summed E-state index contributed by atoms with van der Waals surface area (Å²) < 4.78 is 0. The molecule has 4 aliphatic heterocycles. The molecule has 0 radical (unpaired) electrons. The summed E-state index contributed by atoms with van der Waals surface area (Å²) in [4.78, 5) is 18.9.